The summed E-state index contributed by atoms with van der Waals surface area (Å²) in [6.45, 7) is 25.4. The van der Waals surface area contributed by atoms with Crippen LogP contribution in [-0.4, -0.2) is 29.9 Å². The SMILES string of the molecule is CCC.CCC.CCC.CCC.CCc1cccc(CC)n1.CCc1cncc(CC)n1.[CH3-].[CH3-].[CH3-].[CH3-].[Rh].[Rh].[Rh].[Rh].c1ccncc1.c1cnccn1. The molecule has 0 saturated carbocycles. The maximum absolute atomic E-state index is 4.41. The van der Waals surface area contributed by atoms with Crippen LogP contribution in [0.4, 0.5) is 0 Å². The van der Waals surface area contributed by atoms with Gasteiger partial charge in [0.05, 0.1) is 11.4 Å². The van der Waals surface area contributed by atoms with Gasteiger partial charge >= 0.3 is 0 Å². The zero-order valence-corrected chi connectivity index (χ0v) is 42.3. The van der Waals surface area contributed by atoms with E-state index in [1.807, 2.05) is 30.6 Å². The molecule has 0 amide bonds. The van der Waals surface area contributed by atoms with E-state index in [0.717, 1.165) is 37.1 Å². The molecular formula is C42H78N6Rh4-4. The number of hydrogen-bond donors (Lipinski definition) is 0. The molecule has 4 aromatic heterocycles. The van der Waals surface area contributed by atoms with Crippen LogP contribution in [-0.2, 0) is 104 Å². The van der Waals surface area contributed by atoms with E-state index < -0.39 is 0 Å². The van der Waals surface area contributed by atoms with E-state index in [2.05, 4.69) is 131 Å². The van der Waals surface area contributed by atoms with E-state index in [9.17, 15) is 0 Å². The fourth-order valence-corrected chi connectivity index (χ4v) is 2.28. The van der Waals surface area contributed by atoms with Crippen LogP contribution in [0.25, 0.3) is 0 Å². The third-order valence-corrected chi connectivity index (χ3v) is 4.09. The summed E-state index contributed by atoms with van der Waals surface area (Å²) < 4.78 is 0. The van der Waals surface area contributed by atoms with Gasteiger partial charge in [-0.1, -0.05) is 121 Å². The van der Waals surface area contributed by atoms with E-state index in [-0.39, 0.29) is 108 Å². The van der Waals surface area contributed by atoms with Gasteiger partial charge in [-0.25, -0.2) is 0 Å². The van der Waals surface area contributed by atoms with Crippen LogP contribution in [0.5, 0.6) is 0 Å². The van der Waals surface area contributed by atoms with E-state index in [0.29, 0.717) is 0 Å². The topological polar surface area (TPSA) is 77.3 Å². The molecule has 0 spiro atoms. The van der Waals surface area contributed by atoms with Gasteiger partial charge in [0.2, 0.25) is 0 Å². The molecule has 6 nitrogen and oxygen atoms in total. The van der Waals surface area contributed by atoms with E-state index in [1.165, 1.54) is 37.1 Å². The first-order valence-corrected chi connectivity index (χ1v) is 16.7. The second-order valence-corrected chi connectivity index (χ2v) is 9.28. The Morgan fingerprint density at radius 3 is 0.769 bits per heavy atom. The molecule has 0 bridgehead atoms. The van der Waals surface area contributed by atoms with Crippen LogP contribution >= 0.6 is 0 Å². The van der Waals surface area contributed by atoms with Crippen LogP contribution in [0.3, 0.4) is 0 Å². The predicted molar refractivity (Wildman–Crippen MR) is 220 cm³/mol. The van der Waals surface area contributed by atoms with Crippen molar-refractivity contribution in [3.63, 3.8) is 0 Å². The molecule has 0 aliphatic heterocycles. The summed E-state index contributed by atoms with van der Waals surface area (Å²) in [5.74, 6) is 0. The molecule has 4 aromatic rings. The molecule has 4 rings (SSSR count). The number of nitrogens with zero attached hydrogens (tertiary/aromatic N) is 6. The van der Waals surface area contributed by atoms with Gasteiger partial charge in [0.1, 0.15) is 0 Å². The minimum atomic E-state index is 0. The molecule has 0 fully saturated rings. The fourth-order valence-electron chi connectivity index (χ4n) is 2.28. The summed E-state index contributed by atoms with van der Waals surface area (Å²) in [7, 11) is 0. The molecular weight excluding hydrogens is 1000 g/mol. The zero-order chi connectivity index (χ0) is 34.1. The van der Waals surface area contributed by atoms with Crippen molar-refractivity contribution in [2.24, 2.45) is 0 Å². The van der Waals surface area contributed by atoms with Crippen molar-refractivity contribution in [3.05, 3.63) is 138 Å². The Kier molecular flexibility index (Phi) is 127. The van der Waals surface area contributed by atoms with Crippen LogP contribution in [0.1, 0.15) is 132 Å². The van der Waals surface area contributed by atoms with Gasteiger partial charge in [-0.05, 0) is 49.9 Å². The number of aryl methyl sites for hydroxylation is 4. The molecule has 52 heavy (non-hydrogen) atoms. The number of aromatic nitrogens is 6. The van der Waals surface area contributed by atoms with Gasteiger partial charge in [-0.3, -0.25) is 29.9 Å². The molecule has 0 atom stereocenters. The van der Waals surface area contributed by atoms with Crippen molar-refractivity contribution in [3.8, 4) is 0 Å². The maximum atomic E-state index is 4.41. The molecule has 0 aromatic carbocycles. The van der Waals surface area contributed by atoms with Crippen molar-refractivity contribution >= 4 is 0 Å². The van der Waals surface area contributed by atoms with Crippen molar-refractivity contribution in [2.45, 2.75) is 134 Å². The first kappa shape index (κ1) is 83.8. The second-order valence-electron chi connectivity index (χ2n) is 9.28. The average Bonchev–Trinajstić information content (AvgIpc) is 3.08. The summed E-state index contributed by atoms with van der Waals surface area (Å²) in [5.41, 5.74) is 4.55. The van der Waals surface area contributed by atoms with Crippen LogP contribution in [0, 0.1) is 29.7 Å². The van der Waals surface area contributed by atoms with Gasteiger partial charge in [0.15, 0.2) is 0 Å². The molecule has 316 valence electrons. The third kappa shape index (κ3) is 74.2. The largest absolute Gasteiger partial charge is 0.358 e. The van der Waals surface area contributed by atoms with Crippen molar-refractivity contribution in [1.29, 1.82) is 0 Å². The number of rotatable bonds is 4. The van der Waals surface area contributed by atoms with E-state index in [1.54, 1.807) is 37.2 Å². The average molecular weight is 1080 g/mol. The Balaban J connectivity index is -0.0000000360. The summed E-state index contributed by atoms with van der Waals surface area (Å²) in [6, 6.07) is 11.9. The Morgan fingerprint density at radius 1 is 0.327 bits per heavy atom. The van der Waals surface area contributed by atoms with Gasteiger partial charge in [0.25, 0.3) is 0 Å². The molecule has 4 radical (unpaired) electrons. The van der Waals surface area contributed by atoms with Gasteiger partial charge in [0, 0.05) is 139 Å². The zero-order valence-electron chi connectivity index (χ0n) is 35.8. The van der Waals surface area contributed by atoms with Crippen molar-refractivity contribution in [2.75, 3.05) is 0 Å². The fraction of sp³-hybridized carbons (Fsp3) is 0.476. The van der Waals surface area contributed by atoms with Crippen molar-refractivity contribution < 1.29 is 77.9 Å². The molecule has 0 aliphatic carbocycles. The molecule has 4 heterocycles. The monoisotopic (exact) mass is 1080 g/mol. The normalized spacial score (nSPS) is 7.00. The van der Waals surface area contributed by atoms with E-state index in [4.69, 9.17) is 0 Å². The summed E-state index contributed by atoms with van der Waals surface area (Å²) in [5, 5.41) is 0. The molecule has 0 unspecified atom stereocenters. The minimum Gasteiger partial charge on any atom is -0.358 e. The van der Waals surface area contributed by atoms with Gasteiger partial charge in [-0.2, -0.15) is 0 Å². The summed E-state index contributed by atoms with van der Waals surface area (Å²) in [6.07, 6.45) is 22.7. The number of pyridine rings is 2. The number of hydrogen-bond acceptors (Lipinski definition) is 6. The predicted octanol–water partition coefficient (Wildman–Crippen LogP) is 12.8. The second kappa shape index (κ2) is 78.9. The summed E-state index contributed by atoms with van der Waals surface area (Å²) in [4.78, 5) is 24.0. The van der Waals surface area contributed by atoms with Crippen LogP contribution in [0.15, 0.2) is 86.0 Å². The standard InChI is InChI=1S/C9H13N.C8H12N2.C5H5N.C4H4N2.4C3H8.4CH3.4Rh/c1-3-8-6-5-7-9(4-2)10-8;1-3-7-5-9-6-8(4-2)10-7;1-2-4-6-5-3-1;1-2-6-4-3-5-1;4*1-3-2;;;;;;;;/h5-7H,3-4H2,1-2H3;5-6H,3-4H2,1-2H3;1-5H;1-4H;4*3H2,1-2H3;4*1H3;;;;/q;;;;;;;;4*-1;;;;. The first-order valence-electron chi connectivity index (χ1n) is 16.7. The molecule has 0 saturated heterocycles. The van der Waals surface area contributed by atoms with Crippen LogP contribution in [0.2, 0.25) is 0 Å². The first-order chi connectivity index (χ1) is 21.4. The molecule has 0 N–H and O–H groups in total. The molecule has 10 heteroatoms. The molecule has 0 aliphatic rings. The Bertz CT molecular complexity index is 840. The Morgan fingerprint density at radius 2 is 0.577 bits per heavy atom. The Hall–Kier alpha value is -1.05. The summed E-state index contributed by atoms with van der Waals surface area (Å²) >= 11 is 0. The smallest absolute Gasteiger partial charge is 0.0587 e. The Labute approximate surface area is 377 Å². The van der Waals surface area contributed by atoms with Crippen molar-refractivity contribution in [1.82, 2.24) is 29.9 Å². The minimum absolute atomic E-state index is 0. The van der Waals surface area contributed by atoms with Gasteiger partial charge in [-0.15, -0.1) is 0 Å². The maximum Gasteiger partial charge on any atom is 0.0587 e. The quantitative estimate of drug-likeness (QED) is 0.150. The van der Waals surface area contributed by atoms with E-state index >= 15 is 0 Å². The third-order valence-electron chi connectivity index (χ3n) is 4.09. The van der Waals surface area contributed by atoms with Crippen LogP contribution < -0.4 is 0 Å². The van der Waals surface area contributed by atoms with Gasteiger partial charge < -0.3 is 29.7 Å².